The van der Waals surface area contributed by atoms with Crippen LogP contribution in [-0.4, -0.2) is 51.2 Å². The van der Waals surface area contributed by atoms with Crippen molar-refractivity contribution in [3.63, 3.8) is 0 Å². The Bertz CT molecular complexity index is 857. The maximum atomic E-state index is 12.9. The molecule has 7 nitrogen and oxygen atoms in total. The second-order valence-electron chi connectivity index (χ2n) is 7.05. The molecule has 1 aromatic carbocycles. The second-order valence-corrected chi connectivity index (χ2v) is 7.05. The van der Waals surface area contributed by atoms with E-state index in [2.05, 4.69) is 15.5 Å². The van der Waals surface area contributed by atoms with Gasteiger partial charge in [-0.05, 0) is 37.0 Å². The highest BCUT2D eigenvalue weighted by molar-refractivity contribution is 5.91. The fraction of sp³-hybridized carbons (Fsp3) is 0.421. The largest absolute Gasteiger partial charge is 0.465 e. The number of aromatic nitrogens is 2. The summed E-state index contributed by atoms with van der Waals surface area (Å²) in [6.07, 6.45) is -2.49. The molecule has 1 heterocycles. The number of halogens is 3. The topological polar surface area (TPSA) is 98.3 Å². The summed E-state index contributed by atoms with van der Waals surface area (Å²) in [6, 6.07) is 6.79. The number of benzene rings is 1. The highest BCUT2D eigenvalue weighted by Crippen LogP contribution is 2.37. The van der Waals surface area contributed by atoms with E-state index in [-0.39, 0.29) is 24.1 Å². The summed E-state index contributed by atoms with van der Waals surface area (Å²) >= 11 is 0. The SMILES string of the molecule is O=C(Cc1ccc(F)cc1)Nc1cc([C@H]2CC[C@@H](N(CC(F)F)C(=O)O)C2)[nH]n1. The van der Waals surface area contributed by atoms with E-state index in [9.17, 15) is 27.9 Å². The summed E-state index contributed by atoms with van der Waals surface area (Å²) in [4.78, 5) is 24.2. The van der Waals surface area contributed by atoms with Crippen LogP contribution >= 0.6 is 0 Å². The minimum Gasteiger partial charge on any atom is -0.465 e. The molecule has 0 unspecified atom stereocenters. The average Bonchev–Trinajstić information content (AvgIpc) is 3.30. The van der Waals surface area contributed by atoms with E-state index in [0.717, 1.165) is 4.90 Å². The van der Waals surface area contributed by atoms with E-state index in [1.54, 1.807) is 6.07 Å². The van der Waals surface area contributed by atoms with Gasteiger partial charge in [-0.25, -0.2) is 18.0 Å². The zero-order valence-corrected chi connectivity index (χ0v) is 15.4. The zero-order valence-electron chi connectivity index (χ0n) is 15.4. The van der Waals surface area contributed by atoms with E-state index in [0.29, 0.717) is 36.3 Å². The number of carbonyl (C=O) groups excluding carboxylic acids is 1. The minimum atomic E-state index is -2.72. The van der Waals surface area contributed by atoms with Crippen molar-refractivity contribution in [1.29, 1.82) is 0 Å². The van der Waals surface area contributed by atoms with Crippen molar-refractivity contribution < 1.29 is 27.9 Å². The van der Waals surface area contributed by atoms with Crippen molar-refractivity contribution in [2.24, 2.45) is 0 Å². The molecule has 1 fully saturated rings. The van der Waals surface area contributed by atoms with E-state index in [1.165, 1.54) is 24.3 Å². The Morgan fingerprint density at radius 3 is 2.66 bits per heavy atom. The molecule has 1 aliphatic rings. The van der Waals surface area contributed by atoms with Gasteiger partial charge in [0.2, 0.25) is 5.91 Å². The third-order valence-electron chi connectivity index (χ3n) is 5.01. The van der Waals surface area contributed by atoms with Crippen LogP contribution in [0.2, 0.25) is 0 Å². The lowest BCUT2D eigenvalue weighted by molar-refractivity contribution is -0.115. The number of H-pyrrole nitrogens is 1. The van der Waals surface area contributed by atoms with Crippen LogP contribution in [0, 0.1) is 5.82 Å². The van der Waals surface area contributed by atoms with Gasteiger partial charge >= 0.3 is 6.09 Å². The quantitative estimate of drug-likeness (QED) is 0.649. The van der Waals surface area contributed by atoms with Gasteiger partial charge in [-0.1, -0.05) is 12.1 Å². The standard InChI is InChI=1S/C19H21F3N4O3/c20-13-4-1-11(2-5-13)7-18(27)23-17-9-15(24-25-17)12-3-6-14(8-12)26(19(28)29)10-16(21)22/h1-2,4-5,9,12,14,16H,3,6-8,10H2,(H,28,29)(H2,23,24,25,27)/t12-,14+/m0/s1. The van der Waals surface area contributed by atoms with Gasteiger partial charge in [-0.2, -0.15) is 5.10 Å². The van der Waals surface area contributed by atoms with Crippen LogP contribution in [0.15, 0.2) is 30.3 Å². The number of aromatic amines is 1. The molecule has 2 amide bonds. The van der Waals surface area contributed by atoms with Gasteiger partial charge in [0.25, 0.3) is 6.43 Å². The van der Waals surface area contributed by atoms with Crippen molar-refractivity contribution in [2.75, 3.05) is 11.9 Å². The number of anilines is 1. The van der Waals surface area contributed by atoms with Gasteiger partial charge in [0, 0.05) is 23.7 Å². The van der Waals surface area contributed by atoms with Gasteiger partial charge in [0.15, 0.2) is 5.82 Å². The lowest BCUT2D eigenvalue weighted by Crippen LogP contribution is -2.41. The summed E-state index contributed by atoms with van der Waals surface area (Å²) in [5, 5.41) is 18.7. The molecule has 0 radical (unpaired) electrons. The lowest BCUT2D eigenvalue weighted by Gasteiger charge is -2.25. The van der Waals surface area contributed by atoms with Crippen LogP contribution in [0.25, 0.3) is 0 Å². The number of alkyl halides is 2. The molecule has 29 heavy (non-hydrogen) atoms. The number of carbonyl (C=O) groups is 2. The monoisotopic (exact) mass is 410 g/mol. The van der Waals surface area contributed by atoms with Crippen molar-refractivity contribution >= 4 is 17.8 Å². The second kappa shape index (κ2) is 8.97. The summed E-state index contributed by atoms with van der Waals surface area (Å²) in [6.45, 7) is -0.805. The van der Waals surface area contributed by atoms with Gasteiger partial charge in [0.05, 0.1) is 13.0 Å². The molecular formula is C19H21F3N4O3. The van der Waals surface area contributed by atoms with Gasteiger partial charge in [0.1, 0.15) is 5.82 Å². The van der Waals surface area contributed by atoms with E-state index >= 15 is 0 Å². The predicted molar refractivity (Wildman–Crippen MR) is 98.4 cm³/mol. The first-order valence-electron chi connectivity index (χ1n) is 9.19. The smallest absolute Gasteiger partial charge is 0.407 e. The zero-order chi connectivity index (χ0) is 21.0. The number of nitrogens with zero attached hydrogens (tertiary/aromatic N) is 2. The lowest BCUT2D eigenvalue weighted by atomic mass is 10.0. The van der Waals surface area contributed by atoms with Crippen LogP contribution in [-0.2, 0) is 11.2 Å². The molecule has 3 N–H and O–H groups in total. The van der Waals surface area contributed by atoms with E-state index in [4.69, 9.17) is 0 Å². The maximum absolute atomic E-state index is 12.9. The molecule has 3 rings (SSSR count). The number of hydrogen-bond acceptors (Lipinski definition) is 3. The molecule has 1 saturated carbocycles. The Morgan fingerprint density at radius 1 is 1.28 bits per heavy atom. The Balaban J connectivity index is 1.56. The fourth-order valence-corrected chi connectivity index (χ4v) is 3.64. The number of nitrogens with one attached hydrogen (secondary N) is 2. The Hall–Kier alpha value is -3.04. The Labute approximate surface area is 164 Å². The normalized spacial score (nSPS) is 18.8. The number of hydrogen-bond donors (Lipinski definition) is 3. The highest BCUT2D eigenvalue weighted by Gasteiger charge is 2.34. The minimum absolute atomic E-state index is 0.0604. The predicted octanol–water partition coefficient (Wildman–Crippen LogP) is 3.61. The first-order chi connectivity index (χ1) is 13.8. The van der Waals surface area contributed by atoms with Crippen molar-refractivity contribution in [1.82, 2.24) is 15.1 Å². The summed E-state index contributed by atoms with van der Waals surface area (Å²) in [5.74, 6) is -0.433. The fourth-order valence-electron chi connectivity index (χ4n) is 3.64. The molecule has 0 aliphatic heterocycles. The van der Waals surface area contributed by atoms with Crippen LogP contribution < -0.4 is 5.32 Å². The molecule has 2 atom stereocenters. The molecule has 0 bridgehead atoms. The van der Waals surface area contributed by atoms with Crippen molar-refractivity contribution in [3.8, 4) is 0 Å². The molecule has 2 aromatic rings. The Morgan fingerprint density at radius 2 is 2.00 bits per heavy atom. The molecule has 0 spiro atoms. The van der Waals surface area contributed by atoms with E-state index < -0.39 is 25.1 Å². The van der Waals surface area contributed by atoms with Crippen molar-refractivity contribution in [2.45, 2.75) is 44.1 Å². The number of rotatable bonds is 7. The summed E-state index contributed by atoms with van der Waals surface area (Å²) in [7, 11) is 0. The van der Waals surface area contributed by atoms with Gasteiger partial charge in [-0.3, -0.25) is 14.8 Å². The highest BCUT2D eigenvalue weighted by atomic mass is 19.3. The van der Waals surface area contributed by atoms with Gasteiger partial charge < -0.3 is 10.4 Å². The number of carboxylic acid groups (broad SMARTS) is 1. The third-order valence-corrected chi connectivity index (χ3v) is 5.01. The molecular weight excluding hydrogens is 389 g/mol. The van der Waals surface area contributed by atoms with Crippen LogP contribution in [0.5, 0.6) is 0 Å². The molecule has 156 valence electrons. The first kappa shape index (κ1) is 20.7. The molecule has 1 aliphatic carbocycles. The van der Waals surface area contributed by atoms with E-state index in [1.807, 2.05) is 0 Å². The molecule has 0 saturated heterocycles. The third kappa shape index (κ3) is 5.49. The van der Waals surface area contributed by atoms with Crippen molar-refractivity contribution in [3.05, 3.63) is 47.4 Å². The van der Waals surface area contributed by atoms with Gasteiger partial charge in [-0.15, -0.1) is 0 Å². The Kier molecular flexibility index (Phi) is 6.40. The van der Waals surface area contributed by atoms with Crippen LogP contribution in [0.4, 0.5) is 23.8 Å². The van der Waals surface area contributed by atoms with Crippen LogP contribution in [0.1, 0.15) is 36.4 Å². The van der Waals surface area contributed by atoms with Crippen LogP contribution in [0.3, 0.4) is 0 Å². The summed E-state index contributed by atoms with van der Waals surface area (Å²) < 4.78 is 38.2. The average molecular weight is 410 g/mol. The number of amides is 2. The molecule has 1 aromatic heterocycles. The molecule has 10 heteroatoms. The maximum Gasteiger partial charge on any atom is 0.407 e. The summed E-state index contributed by atoms with van der Waals surface area (Å²) in [5.41, 5.74) is 1.37. The first-order valence-corrected chi connectivity index (χ1v) is 9.19.